The zero-order chi connectivity index (χ0) is 10.3. The van der Waals surface area contributed by atoms with Gasteiger partial charge in [0.1, 0.15) is 0 Å². The van der Waals surface area contributed by atoms with Gasteiger partial charge in [0.2, 0.25) is 0 Å². The fourth-order valence-corrected chi connectivity index (χ4v) is 3.01. The first-order valence-corrected chi connectivity index (χ1v) is 6.04. The Balaban J connectivity index is 2.12. The minimum absolute atomic E-state index is 0.269. The van der Waals surface area contributed by atoms with Gasteiger partial charge in [0, 0.05) is 5.57 Å². The van der Waals surface area contributed by atoms with Crippen LogP contribution in [0, 0.1) is 0 Å². The highest BCUT2D eigenvalue weighted by atomic mass is 16.1. The molecule has 0 saturated heterocycles. The van der Waals surface area contributed by atoms with E-state index in [1.165, 1.54) is 42.4 Å². The summed E-state index contributed by atoms with van der Waals surface area (Å²) in [7, 11) is 0. The third-order valence-corrected chi connectivity index (χ3v) is 3.75. The average molecular weight is 200 g/mol. The Labute approximate surface area is 90.6 Å². The van der Waals surface area contributed by atoms with E-state index >= 15 is 0 Å². The largest absolute Gasteiger partial charge is 0.289 e. The van der Waals surface area contributed by atoms with Crippen LogP contribution in [-0.2, 0) is 4.79 Å². The van der Waals surface area contributed by atoms with Crippen molar-refractivity contribution in [3.8, 4) is 0 Å². The van der Waals surface area contributed by atoms with Crippen molar-refractivity contribution in [2.24, 2.45) is 0 Å². The predicted molar refractivity (Wildman–Crippen MR) is 60.5 cm³/mol. The summed E-state index contributed by atoms with van der Waals surface area (Å²) in [6.45, 7) is 0. The summed E-state index contributed by atoms with van der Waals surface area (Å²) in [6.07, 6.45) is 12.4. The molecule has 1 heteroatoms. The highest BCUT2D eigenvalue weighted by Gasteiger charge is 2.27. The van der Waals surface area contributed by atoms with E-state index in [1.54, 1.807) is 0 Å². The lowest BCUT2D eigenvalue weighted by Gasteiger charge is -2.29. The van der Waals surface area contributed by atoms with Crippen molar-refractivity contribution in [3.63, 3.8) is 0 Å². The van der Waals surface area contributed by atoms with Gasteiger partial charge >= 0.3 is 0 Å². The second-order valence-electron chi connectivity index (χ2n) is 4.71. The molecule has 3 aliphatic rings. The topological polar surface area (TPSA) is 17.1 Å². The molecule has 0 aromatic rings. The van der Waals surface area contributed by atoms with E-state index in [0.29, 0.717) is 0 Å². The average Bonchev–Trinajstić information content (AvgIpc) is 2.30. The van der Waals surface area contributed by atoms with Gasteiger partial charge in [-0.25, -0.2) is 0 Å². The van der Waals surface area contributed by atoms with E-state index in [0.717, 1.165) is 24.8 Å². The van der Waals surface area contributed by atoms with E-state index < -0.39 is 0 Å². The van der Waals surface area contributed by atoms with Crippen LogP contribution in [-0.4, -0.2) is 5.78 Å². The summed E-state index contributed by atoms with van der Waals surface area (Å²) < 4.78 is 0. The third-order valence-electron chi connectivity index (χ3n) is 3.75. The molecule has 0 unspecified atom stereocenters. The van der Waals surface area contributed by atoms with E-state index in [4.69, 9.17) is 0 Å². The summed E-state index contributed by atoms with van der Waals surface area (Å²) >= 11 is 0. The van der Waals surface area contributed by atoms with Gasteiger partial charge in [0.05, 0.1) is 0 Å². The number of rotatable bonds is 0. The maximum absolute atomic E-state index is 11.9. The van der Waals surface area contributed by atoms with Crippen molar-refractivity contribution >= 4 is 5.78 Å². The van der Waals surface area contributed by atoms with Gasteiger partial charge in [0.15, 0.2) is 5.78 Å². The van der Waals surface area contributed by atoms with E-state index in [1.807, 2.05) is 6.08 Å². The summed E-state index contributed by atoms with van der Waals surface area (Å²) in [6, 6.07) is 0. The highest BCUT2D eigenvalue weighted by molar-refractivity contribution is 6.10. The second-order valence-corrected chi connectivity index (χ2v) is 4.71. The Morgan fingerprint density at radius 1 is 0.933 bits per heavy atom. The molecule has 1 nitrogen and oxygen atoms in total. The number of hydrogen-bond donors (Lipinski definition) is 0. The number of ketones is 1. The maximum Gasteiger partial charge on any atom is 0.186 e. The number of hydrogen-bond acceptors (Lipinski definition) is 1. The van der Waals surface area contributed by atoms with Gasteiger partial charge in [-0.3, -0.25) is 4.79 Å². The molecule has 0 aromatic heterocycles. The minimum Gasteiger partial charge on any atom is -0.289 e. The van der Waals surface area contributed by atoms with Crippen LogP contribution in [0.2, 0.25) is 0 Å². The van der Waals surface area contributed by atoms with Gasteiger partial charge in [-0.05, 0) is 67.7 Å². The Kier molecular flexibility index (Phi) is 2.12. The van der Waals surface area contributed by atoms with Crippen molar-refractivity contribution in [1.29, 1.82) is 0 Å². The summed E-state index contributed by atoms with van der Waals surface area (Å²) in [4.78, 5) is 11.9. The number of allylic oxidation sites excluding steroid dienone is 6. The normalized spacial score (nSPS) is 25.5. The van der Waals surface area contributed by atoms with Crippen LogP contribution < -0.4 is 0 Å². The monoisotopic (exact) mass is 200 g/mol. The molecule has 3 aliphatic carbocycles. The van der Waals surface area contributed by atoms with Gasteiger partial charge < -0.3 is 0 Å². The molecule has 0 heterocycles. The summed E-state index contributed by atoms with van der Waals surface area (Å²) in [5, 5.41) is 0. The van der Waals surface area contributed by atoms with Gasteiger partial charge in [-0.2, -0.15) is 0 Å². The molecule has 0 bridgehead atoms. The molecule has 0 radical (unpaired) electrons. The fourth-order valence-electron chi connectivity index (χ4n) is 3.01. The Hall–Kier alpha value is -1.11. The van der Waals surface area contributed by atoms with Gasteiger partial charge in [0.25, 0.3) is 0 Å². The number of carbonyl (C=O) groups is 1. The standard InChI is InChI=1S/C14H16O/c15-14-9-10-5-1-2-6-11(10)12-7-3-4-8-13(12)14/h8-9H,1-7H2. The molecule has 0 spiro atoms. The first-order chi connectivity index (χ1) is 7.36. The van der Waals surface area contributed by atoms with Crippen LogP contribution in [0.4, 0.5) is 0 Å². The van der Waals surface area contributed by atoms with Crippen LogP contribution in [0.25, 0.3) is 0 Å². The molecule has 0 N–H and O–H groups in total. The van der Waals surface area contributed by atoms with E-state index in [9.17, 15) is 4.79 Å². The molecule has 0 atom stereocenters. The van der Waals surface area contributed by atoms with E-state index in [2.05, 4.69) is 6.08 Å². The van der Waals surface area contributed by atoms with Crippen LogP contribution >= 0.6 is 0 Å². The van der Waals surface area contributed by atoms with Crippen molar-refractivity contribution in [3.05, 3.63) is 34.4 Å². The molecular formula is C14H16O. The molecule has 1 saturated carbocycles. The van der Waals surface area contributed by atoms with Crippen LogP contribution in [0.3, 0.4) is 0 Å². The quantitative estimate of drug-likeness (QED) is 0.585. The van der Waals surface area contributed by atoms with Crippen molar-refractivity contribution in [2.75, 3.05) is 0 Å². The summed E-state index contributed by atoms with van der Waals surface area (Å²) in [5.74, 6) is 0.269. The molecule has 1 fully saturated rings. The van der Waals surface area contributed by atoms with Crippen LogP contribution in [0.15, 0.2) is 34.4 Å². The molecule has 15 heavy (non-hydrogen) atoms. The summed E-state index contributed by atoms with van der Waals surface area (Å²) in [5.41, 5.74) is 5.29. The molecule has 78 valence electrons. The highest BCUT2D eigenvalue weighted by Crippen LogP contribution is 2.40. The smallest absolute Gasteiger partial charge is 0.186 e. The number of carbonyl (C=O) groups excluding carboxylic acids is 1. The third kappa shape index (κ3) is 1.41. The molecule has 0 aromatic carbocycles. The lowest BCUT2D eigenvalue weighted by molar-refractivity contribution is -0.111. The fraction of sp³-hybridized carbons (Fsp3) is 0.500. The zero-order valence-corrected chi connectivity index (χ0v) is 9.01. The SMILES string of the molecule is O=C1C=C2CCCCC2=C2CCCC=C12. The van der Waals surface area contributed by atoms with E-state index in [-0.39, 0.29) is 5.78 Å². The van der Waals surface area contributed by atoms with Gasteiger partial charge in [-0.1, -0.05) is 6.08 Å². The van der Waals surface area contributed by atoms with Crippen LogP contribution in [0.5, 0.6) is 0 Å². The lowest BCUT2D eigenvalue weighted by atomic mass is 9.75. The van der Waals surface area contributed by atoms with Gasteiger partial charge in [-0.15, -0.1) is 0 Å². The zero-order valence-electron chi connectivity index (χ0n) is 9.01. The predicted octanol–water partition coefficient (Wildman–Crippen LogP) is 3.48. The molecule has 3 rings (SSSR count). The molecular weight excluding hydrogens is 184 g/mol. The Morgan fingerprint density at radius 3 is 2.67 bits per heavy atom. The number of fused-ring (bicyclic) bond motifs is 2. The Bertz CT molecular complexity index is 407. The van der Waals surface area contributed by atoms with Crippen molar-refractivity contribution < 1.29 is 4.79 Å². The first kappa shape index (κ1) is 9.14. The minimum atomic E-state index is 0.269. The molecule has 0 aliphatic heterocycles. The second kappa shape index (κ2) is 3.48. The van der Waals surface area contributed by atoms with Crippen LogP contribution in [0.1, 0.15) is 44.9 Å². The van der Waals surface area contributed by atoms with Crippen molar-refractivity contribution in [2.45, 2.75) is 44.9 Å². The maximum atomic E-state index is 11.9. The van der Waals surface area contributed by atoms with Crippen molar-refractivity contribution in [1.82, 2.24) is 0 Å². The Morgan fingerprint density at radius 2 is 1.73 bits per heavy atom. The molecule has 0 amide bonds. The lowest BCUT2D eigenvalue weighted by Crippen LogP contribution is -2.17. The first-order valence-electron chi connectivity index (χ1n) is 6.04.